The second kappa shape index (κ2) is 5.94. The first-order valence-electron chi connectivity index (χ1n) is 8.02. The van der Waals surface area contributed by atoms with E-state index in [1.54, 1.807) is 12.1 Å². The fraction of sp³-hybridized carbons (Fsp3) is 0.333. The molecule has 2 N–H and O–H groups in total. The van der Waals surface area contributed by atoms with Crippen molar-refractivity contribution in [2.45, 2.75) is 37.5 Å². The van der Waals surface area contributed by atoms with Crippen molar-refractivity contribution in [3.8, 4) is 0 Å². The van der Waals surface area contributed by atoms with Crippen LogP contribution in [0.3, 0.4) is 0 Å². The Labute approximate surface area is 149 Å². The minimum Gasteiger partial charge on any atom is -0.478 e. The molecule has 2 bridgehead atoms. The number of pyridine rings is 1. The molecule has 0 aliphatic heterocycles. The highest BCUT2D eigenvalue weighted by molar-refractivity contribution is 6.42. The fourth-order valence-electron chi connectivity index (χ4n) is 4.05. The average Bonchev–Trinajstić information content (AvgIpc) is 2.59. The average molecular weight is 363 g/mol. The van der Waals surface area contributed by atoms with Gasteiger partial charge in [0.25, 0.3) is 0 Å². The third-order valence-electron chi connectivity index (χ3n) is 5.11. The number of carboxylic acids is 1. The lowest BCUT2D eigenvalue weighted by Gasteiger charge is -2.39. The number of carbonyl (C=O) groups is 1. The van der Waals surface area contributed by atoms with E-state index < -0.39 is 5.97 Å². The van der Waals surface area contributed by atoms with E-state index in [-0.39, 0.29) is 0 Å². The van der Waals surface area contributed by atoms with Gasteiger partial charge in [-0.1, -0.05) is 23.2 Å². The van der Waals surface area contributed by atoms with Crippen LogP contribution < -0.4 is 5.32 Å². The summed E-state index contributed by atoms with van der Waals surface area (Å²) in [5.74, 6) is 0.547. The van der Waals surface area contributed by atoms with Crippen LogP contribution >= 0.6 is 23.2 Å². The van der Waals surface area contributed by atoms with Crippen LogP contribution in [0.15, 0.2) is 24.4 Å². The summed E-state index contributed by atoms with van der Waals surface area (Å²) in [4.78, 5) is 16.0. The van der Waals surface area contributed by atoms with Crippen LogP contribution in [0.4, 0.5) is 11.5 Å². The Bertz CT molecular complexity index is 830. The van der Waals surface area contributed by atoms with Crippen molar-refractivity contribution in [2.24, 2.45) is 0 Å². The van der Waals surface area contributed by atoms with E-state index in [4.69, 9.17) is 23.2 Å². The normalized spacial score (nSPS) is 21.4. The van der Waals surface area contributed by atoms with Crippen molar-refractivity contribution in [3.63, 3.8) is 0 Å². The molecule has 0 unspecified atom stereocenters. The SMILES string of the molecule is O=C(O)c1cnc(Nc2ccc(Cl)c(Cl)c2)c2c1C1CCC2CC1. The number of benzene rings is 1. The molecule has 1 heterocycles. The third-order valence-corrected chi connectivity index (χ3v) is 5.85. The Kier molecular flexibility index (Phi) is 3.89. The number of nitrogens with one attached hydrogen (secondary N) is 1. The predicted octanol–water partition coefficient (Wildman–Crippen LogP) is 5.59. The van der Waals surface area contributed by atoms with E-state index in [2.05, 4.69) is 10.3 Å². The van der Waals surface area contributed by atoms with Crippen LogP contribution in [0.2, 0.25) is 10.0 Å². The van der Waals surface area contributed by atoms with E-state index in [0.717, 1.165) is 48.3 Å². The molecule has 0 radical (unpaired) electrons. The van der Waals surface area contributed by atoms with Crippen molar-refractivity contribution in [2.75, 3.05) is 5.32 Å². The lowest BCUT2D eigenvalue weighted by Crippen LogP contribution is -2.26. The number of aromatic nitrogens is 1. The molecule has 5 rings (SSSR count). The van der Waals surface area contributed by atoms with Crippen molar-refractivity contribution in [1.29, 1.82) is 0 Å². The second-order valence-corrected chi connectivity index (χ2v) is 7.27. The summed E-state index contributed by atoms with van der Waals surface area (Å²) in [6, 6.07) is 5.33. The van der Waals surface area contributed by atoms with Gasteiger partial charge < -0.3 is 10.4 Å². The summed E-state index contributed by atoms with van der Waals surface area (Å²) in [5.41, 5.74) is 3.19. The zero-order valence-corrected chi connectivity index (χ0v) is 14.4. The quantitative estimate of drug-likeness (QED) is 0.747. The van der Waals surface area contributed by atoms with E-state index in [1.807, 2.05) is 6.07 Å². The molecule has 124 valence electrons. The molecule has 6 heteroatoms. The first-order chi connectivity index (χ1) is 11.5. The number of anilines is 2. The van der Waals surface area contributed by atoms with Gasteiger partial charge >= 0.3 is 5.97 Å². The molecule has 0 amide bonds. The van der Waals surface area contributed by atoms with Gasteiger partial charge in [0.05, 0.1) is 15.6 Å². The van der Waals surface area contributed by atoms with Crippen LogP contribution in [-0.4, -0.2) is 16.1 Å². The predicted molar refractivity (Wildman–Crippen MR) is 94.9 cm³/mol. The van der Waals surface area contributed by atoms with Gasteiger partial charge in [0.15, 0.2) is 0 Å². The van der Waals surface area contributed by atoms with Gasteiger partial charge in [0.2, 0.25) is 0 Å². The first kappa shape index (κ1) is 15.7. The molecule has 1 aromatic heterocycles. The van der Waals surface area contributed by atoms with Gasteiger partial charge in [-0.25, -0.2) is 9.78 Å². The highest BCUT2D eigenvalue weighted by Gasteiger charge is 2.38. The minimum absolute atomic E-state index is 0.327. The van der Waals surface area contributed by atoms with Gasteiger partial charge in [-0.05, 0) is 61.3 Å². The lowest BCUT2D eigenvalue weighted by atomic mass is 9.66. The fourth-order valence-corrected chi connectivity index (χ4v) is 4.34. The van der Waals surface area contributed by atoms with Crippen molar-refractivity contribution in [3.05, 3.63) is 51.1 Å². The highest BCUT2D eigenvalue weighted by Crippen LogP contribution is 2.52. The molecular formula is C18H16Cl2N2O2. The summed E-state index contributed by atoms with van der Waals surface area (Å²) in [7, 11) is 0. The first-order valence-corrected chi connectivity index (χ1v) is 8.78. The van der Waals surface area contributed by atoms with Crippen LogP contribution in [-0.2, 0) is 0 Å². The van der Waals surface area contributed by atoms with E-state index in [9.17, 15) is 9.90 Å². The smallest absolute Gasteiger partial charge is 0.337 e. The Hall–Kier alpha value is -1.78. The van der Waals surface area contributed by atoms with Gasteiger partial charge in [-0.2, -0.15) is 0 Å². The highest BCUT2D eigenvalue weighted by atomic mass is 35.5. The molecule has 0 spiro atoms. The Morgan fingerprint density at radius 3 is 2.38 bits per heavy atom. The van der Waals surface area contributed by atoms with E-state index in [0.29, 0.717) is 27.4 Å². The van der Waals surface area contributed by atoms with Crippen LogP contribution in [0, 0.1) is 0 Å². The number of hydrogen-bond donors (Lipinski definition) is 2. The summed E-state index contributed by atoms with van der Waals surface area (Å²) in [6.45, 7) is 0. The minimum atomic E-state index is -0.896. The maximum absolute atomic E-state index is 11.6. The van der Waals surface area contributed by atoms with Crippen LogP contribution in [0.25, 0.3) is 0 Å². The van der Waals surface area contributed by atoms with E-state index >= 15 is 0 Å². The monoisotopic (exact) mass is 362 g/mol. The molecule has 4 nitrogen and oxygen atoms in total. The van der Waals surface area contributed by atoms with Crippen molar-refractivity contribution >= 4 is 40.7 Å². The molecule has 1 fully saturated rings. The molecule has 1 saturated carbocycles. The van der Waals surface area contributed by atoms with Crippen molar-refractivity contribution < 1.29 is 9.90 Å². The molecule has 24 heavy (non-hydrogen) atoms. The molecule has 2 aromatic rings. The molecule has 3 aliphatic carbocycles. The molecule has 0 saturated heterocycles. The lowest BCUT2D eigenvalue weighted by molar-refractivity contribution is 0.0693. The number of hydrogen-bond acceptors (Lipinski definition) is 3. The van der Waals surface area contributed by atoms with Crippen LogP contribution in [0.5, 0.6) is 0 Å². The maximum Gasteiger partial charge on any atom is 0.337 e. The summed E-state index contributed by atoms with van der Waals surface area (Å²) in [5, 5.41) is 13.8. The molecular weight excluding hydrogens is 347 g/mol. The van der Waals surface area contributed by atoms with Gasteiger partial charge in [-0.3, -0.25) is 0 Å². The van der Waals surface area contributed by atoms with Crippen molar-refractivity contribution in [1.82, 2.24) is 4.98 Å². The summed E-state index contributed by atoms with van der Waals surface area (Å²) >= 11 is 12.0. The number of carboxylic acid groups (broad SMARTS) is 1. The Morgan fingerprint density at radius 1 is 1.08 bits per heavy atom. The Morgan fingerprint density at radius 2 is 1.75 bits per heavy atom. The zero-order valence-electron chi connectivity index (χ0n) is 12.9. The standard InChI is InChI=1S/C18H16Cl2N2O2/c19-13-6-5-11(7-14(13)20)22-17-16-10-3-1-9(2-4-10)15(16)12(8-21-17)18(23)24/h5-10H,1-4H2,(H,21,22)(H,23,24). The molecule has 0 atom stereocenters. The second-order valence-electron chi connectivity index (χ2n) is 6.46. The topological polar surface area (TPSA) is 62.2 Å². The Balaban J connectivity index is 1.81. The van der Waals surface area contributed by atoms with Gasteiger partial charge in [0, 0.05) is 17.4 Å². The van der Waals surface area contributed by atoms with Gasteiger partial charge in [0.1, 0.15) is 5.82 Å². The van der Waals surface area contributed by atoms with E-state index in [1.165, 1.54) is 6.20 Å². The third kappa shape index (κ3) is 2.54. The number of halogens is 2. The molecule has 1 aromatic carbocycles. The number of nitrogens with zero attached hydrogens (tertiary/aromatic N) is 1. The molecule has 3 aliphatic rings. The zero-order chi connectivity index (χ0) is 16.8. The summed E-state index contributed by atoms with van der Waals surface area (Å²) < 4.78 is 0. The maximum atomic E-state index is 11.6. The van der Waals surface area contributed by atoms with Gasteiger partial charge in [-0.15, -0.1) is 0 Å². The number of aromatic carboxylic acids is 1. The number of fused-ring (bicyclic) bond motifs is 2. The summed E-state index contributed by atoms with van der Waals surface area (Å²) in [6.07, 6.45) is 5.79. The van der Waals surface area contributed by atoms with Crippen LogP contribution in [0.1, 0.15) is 59.0 Å². The number of rotatable bonds is 3. The largest absolute Gasteiger partial charge is 0.478 e.